The van der Waals surface area contributed by atoms with Gasteiger partial charge in [-0.2, -0.15) is 4.31 Å². The molecule has 0 bridgehead atoms. The van der Waals surface area contributed by atoms with Gasteiger partial charge in [0.15, 0.2) is 0 Å². The van der Waals surface area contributed by atoms with Gasteiger partial charge in [-0.25, -0.2) is 8.42 Å². The lowest BCUT2D eigenvalue weighted by molar-refractivity contribution is -0.0396. The van der Waals surface area contributed by atoms with E-state index in [4.69, 9.17) is 9.47 Å². The van der Waals surface area contributed by atoms with E-state index in [0.717, 1.165) is 38.4 Å². The van der Waals surface area contributed by atoms with Crippen LogP contribution in [0.15, 0.2) is 29.2 Å². The number of rotatable bonds is 4. The minimum atomic E-state index is -3.45. The predicted molar refractivity (Wildman–Crippen MR) is 86.9 cm³/mol. The number of ether oxygens (including phenoxy) is 2. The van der Waals surface area contributed by atoms with Crippen molar-refractivity contribution in [3.05, 3.63) is 29.8 Å². The Hall–Kier alpha value is -0.990. The standard InChI is InChI=1S/C16H24N2O4S/c1-14-3-2-4-16(11-14)23(19,20)18-7-10-22-15(13-18)12-17-5-8-21-9-6-17/h2-4,11,15H,5-10,12-13H2,1H3/t15-/m0/s1. The largest absolute Gasteiger partial charge is 0.379 e. The van der Waals surface area contributed by atoms with Crippen LogP contribution >= 0.6 is 0 Å². The normalized spacial score (nSPS) is 24.7. The first kappa shape index (κ1) is 16.9. The lowest BCUT2D eigenvalue weighted by Crippen LogP contribution is -2.51. The molecule has 0 unspecified atom stereocenters. The number of hydrogen-bond donors (Lipinski definition) is 0. The molecule has 1 aromatic carbocycles. The van der Waals surface area contributed by atoms with Gasteiger partial charge in [0.1, 0.15) is 0 Å². The molecule has 2 fully saturated rings. The van der Waals surface area contributed by atoms with Crippen LogP contribution in [0, 0.1) is 6.92 Å². The summed E-state index contributed by atoms with van der Waals surface area (Å²) in [5, 5.41) is 0. The molecule has 128 valence electrons. The zero-order valence-corrected chi connectivity index (χ0v) is 14.3. The molecule has 0 aliphatic carbocycles. The van der Waals surface area contributed by atoms with E-state index in [-0.39, 0.29) is 6.10 Å². The fourth-order valence-electron chi connectivity index (χ4n) is 3.02. The molecule has 6 nitrogen and oxygen atoms in total. The lowest BCUT2D eigenvalue weighted by Gasteiger charge is -2.36. The molecule has 2 aliphatic heterocycles. The Labute approximate surface area is 138 Å². The van der Waals surface area contributed by atoms with E-state index in [9.17, 15) is 8.42 Å². The molecule has 7 heteroatoms. The van der Waals surface area contributed by atoms with Crippen LogP contribution < -0.4 is 0 Å². The molecule has 0 radical (unpaired) electrons. The third-order valence-electron chi connectivity index (χ3n) is 4.29. The molecule has 1 aromatic rings. The lowest BCUT2D eigenvalue weighted by atomic mass is 10.2. The van der Waals surface area contributed by atoms with Gasteiger partial charge in [0, 0.05) is 32.7 Å². The highest BCUT2D eigenvalue weighted by Crippen LogP contribution is 2.20. The van der Waals surface area contributed by atoms with Crippen LogP contribution in [0.1, 0.15) is 5.56 Å². The van der Waals surface area contributed by atoms with E-state index in [1.165, 1.54) is 0 Å². The molecule has 1 atom stereocenters. The smallest absolute Gasteiger partial charge is 0.243 e. The minimum absolute atomic E-state index is 0.0820. The van der Waals surface area contributed by atoms with Crippen molar-refractivity contribution in [3.8, 4) is 0 Å². The Morgan fingerprint density at radius 3 is 2.70 bits per heavy atom. The zero-order valence-electron chi connectivity index (χ0n) is 13.5. The van der Waals surface area contributed by atoms with Gasteiger partial charge in [0.25, 0.3) is 0 Å². The number of hydrogen-bond acceptors (Lipinski definition) is 5. The molecule has 2 aliphatic rings. The third kappa shape index (κ3) is 4.10. The first-order valence-electron chi connectivity index (χ1n) is 8.04. The maximum absolute atomic E-state index is 12.8. The summed E-state index contributed by atoms with van der Waals surface area (Å²) < 4.78 is 38.3. The summed E-state index contributed by atoms with van der Waals surface area (Å²) >= 11 is 0. The average Bonchev–Trinajstić information content (AvgIpc) is 2.56. The second-order valence-corrected chi connectivity index (χ2v) is 8.02. The quantitative estimate of drug-likeness (QED) is 0.808. The van der Waals surface area contributed by atoms with Gasteiger partial charge in [-0.05, 0) is 24.6 Å². The van der Waals surface area contributed by atoms with Gasteiger partial charge in [-0.3, -0.25) is 4.90 Å². The van der Waals surface area contributed by atoms with E-state index in [2.05, 4.69) is 4.90 Å². The van der Waals surface area contributed by atoms with Crippen LogP contribution in [0.25, 0.3) is 0 Å². The van der Waals surface area contributed by atoms with Gasteiger partial charge in [-0.15, -0.1) is 0 Å². The molecule has 23 heavy (non-hydrogen) atoms. The Balaban J connectivity index is 1.67. The number of aryl methyl sites for hydroxylation is 1. The number of sulfonamides is 1. The highest BCUT2D eigenvalue weighted by molar-refractivity contribution is 7.89. The van der Waals surface area contributed by atoms with Crippen molar-refractivity contribution >= 4 is 10.0 Å². The predicted octanol–water partition coefficient (Wildman–Crippen LogP) is 0.717. The Morgan fingerprint density at radius 2 is 1.96 bits per heavy atom. The number of benzene rings is 1. The molecule has 2 heterocycles. The van der Waals surface area contributed by atoms with Gasteiger partial charge in [-0.1, -0.05) is 12.1 Å². The van der Waals surface area contributed by atoms with E-state index in [1.54, 1.807) is 22.5 Å². The SMILES string of the molecule is Cc1cccc(S(=O)(=O)N2CCO[C@@H](CN3CCOCC3)C2)c1. The number of nitrogens with zero attached hydrogens (tertiary/aromatic N) is 2. The summed E-state index contributed by atoms with van der Waals surface area (Å²) in [5.74, 6) is 0. The Kier molecular flexibility index (Phi) is 5.33. The van der Waals surface area contributed by atoms with E-state index >= 15 is 0 Å². The van der Waals surface area contributed by atoms with Gasteiger partial charge in [0.05, 0.1) is 30.8 Å². The monoisotopic (exact) mass is 340 g/mol. The molecule has 2 saturated heterocycles. The van der Waals surface area contributed by atoms with Crippen molar-refractivity contribution in [1.82, 2.24) is 9.21 Å². The summed E-state index contributed by atoms with van der Waals surface area (Å²) in [6.07, 6.45) is -0.0820. The first-order chi connectivity index (χ1) is 11.1. The highest BCUT2D eigenvalue weighted by atomic mass is 32.2. The van der Waals surface area contributed by atoms with Crippen molar-refractivity contribution in [2.24, 2.45) is 0 Å². The van der Waals surface area contributed by atoms with Crippen molar-refractivity contribution in [2.75, 3.05) is 52.5 Å². The topological polar surface area (TPSA) is 59.1 Å². The fraction of sp³-hybridized carbons (Fsp3) is 0.625. The van der Waals surface area contributed by atoms with Crippen LogP contribution in [0.2, 0.25) is 0 Å². The van der Waals surface area contributed by atoms with E-state index in [0.29, 0.717) is 24.6 Å². The van der Waals surface area contributed by atoms with Gasteiger partial charge < -0.3 is 9.47 Å². The first-order valence-corrected chi connectivity index (χ1v) is 9.48. The van der Waals surface area contributed by atoms with E-state index < -0.39 is 10.0 Å². The van der Waals surface area contributed by atoms with Gasteiger partial charge in [0.2, 0.25) is 10.0 Å². The molecule has 0 spiro atoms. The van der Waals surface area contributed by atoms with Crippen LogP contribution in [-0.2, 0) is 19.5 Å². The van der Waals surface area contributed by atoms with Crippen LogP contribution in [-0.4, -0.2) is 76.3 Å². The Morgan fingerprint density at radius 1 is 1.17 bits per heavy atom. The van der Waals surface area contributed by atoms with Crippen molar-refractivity contribution in [1.29, 1.82) is 0 Å². The van der Waals surface area contributed by atoms with Crippen LogP contribution in [0.5, 0.6) is 0 Å². The van der Waals surface area contributed by atoms with Crippen molar-refractivity contribution in [2.45, 2.75) is 17.9 Å². The summed E-state index contributed by atoms with van der Waals surface area (Å²) in [6, 6.07) is 7.07. The molecule has 0 N–H and O–H groups in total. The summed E-state index contributed by atoms with van der Waals surface area (Å²) in [6.45, 7) is 7.15. The Bertz CT molecular complexity index is 629. The maximum Gasteiger partial charge on any atom is 0.243 e. The van der Waals surface area contributed by atoms with Gasteiger partial charge >= 0.3 is 0 Å². The maximum atomic E-state index is 12.8. The number of morpholine rings is 2. The van der Waals surface area contributed by atoms with Crippen molar-refractivity contribution in [3.63, 3.8) is 0 Å². The molecule has 3 rings (SSSR count). The summed E-state index contributed by atoms with van der Waals surface area (Å²) in [4.78, 5) is 2.64. The summed E-state index contributed by atoms with van der Waals surface area (Å²) in [5.41, 5.74) is 0.948. The van der Waals surface area contributed by atoms with E-state index in [1.807, 2.05) is 13.0 Å². The minimum Gasteiger partial charge on any atom is -0.379 e. The second kappa shape index (κ2) is 7.27. The molecular weight excluding hydrogens is 316 g/mol. The fourth-order valence-corrected chi connectivity index (χ4v) is 4.58. The average molecular weight is 340 g/mol. The molecule has 0 amide bonds. The zero-order chi connectivity index (χ0) is 16.3. The highest BCUT2D eigenvalue weighted by Gasteiger charge is 2.31. The molecular formula is C16H24N2O4S. The summed E-state index contributed by atoms with van der Waals surface area (Å²) in [7, 11) is -3.45. The van der Waals surface area contributed by atoms with Crippen molar-refractivity contribution < 1.29 is 17.9 Å². The van der Waals surface area contributed by atoms with Crippen LogP contribution in [0.4, 0.5) is 0 Å². The third-order valence-corrected chi connectivity index (χ3v) is 6.16. The molecule has 0 saturated carbocycles. The molecule has 0 aromatic heterocycles. The second-order valence-electron chi connectivity index (χ2n) is 6.09. The van der Waals surface area contributed by atoms with Crippen LogP contribution in [0.3, 0.4) is 0 Å².